The molecule has 1 aromatic rings. The highest BCUT2D eigenvalue weighted by Gasteiger charge is 2.24. The van der Waals surface area contributed by atoms with Crippen LogP contribution in [-0.2, 0) is 11.2 Å². The third kappa shape index (κ3) is 5.55. The van der Waals surface area contributed by atoms with Crippen LogP contribution >= 0.6 is 0 Å². The van der Waals surface area contributed by atoms with Gasteiger partial charge in [0.15, 0.2) is 5.96 Å². The summed E-state index contributed by atoms with van der Waals surface area (Å²) in [6, 6.07) is 10.7. The molecule has 1 amide bonds. The van der Waals surface area contributed by atoms with Crippen LogP contribution in [0.2, 0.25) is 0 Å². The summed E-state index contributed by atoms with van der Waals surface area (Å²) in [6.45, 7) is 5.53. The summed E-state index contributed by atoms with van der Waals surface area (Å²) < 4.78 is 0. The van der Waals surface area contributed by atoms with Crippen LogP contribution in [0.1, 0.15) is 25.3 Å². The van der Waals surface area contributed by atoms with Crippen LogP contribution in [-0.4, -0.2) is 61.9 Å². The molecule has 1 saturated heterocycles. The molecule has 1 aromatic carbocycles. The van der Waals surface area contributed by atoms with E-state index in [9.17, 15) is 4.79 Å². The first-order chi connectivity index (χ1) is 11.6. The molecule has 5 nitrogen and oxygen atoms in total. The van der Waals surface area contributed by atoms with E-state index in [4.69, 9.17) is 0 Å². The zero-order valence-corrected chi connectivity index (χ0v) is 15.2. The number of likely N-dealkylation sites (tertiary alicyclic amines) is 1. The molecule has 1 heterocycles. The number of nitrogens with zero attached hydrogens (tertiary/aromatic N) is 3. The maximum Gasteiger partial charge on any atom is 0.223 e. The van der Waals surface area contributed by atoms with Crippen LogP contribution in [0.3, 0.4) is 0 Å². The van der Waals surface area contributed by atoms with E-state index in [1.165, 1.54) is 12.0 Å². The van der Waals surface area contributed by atoms with E-state index in [1.54, 1.807) is 19.0 Å². The minimum absolute atomic E-state index is 0.123. The van der Waals surface area contributed by atoms with Crippen molar-refractivity contribution >= 4 is 11.9 Å². The average Bonchev–Trinajstić information content (AvgIpc) is 3.03. The number of guanidine groups is 1. The second-order valence-corrected chi connectivity index (χ2v) is 6.56. The lowest BCUT2D eigenvalue weighted by Crippen LogP contribution is -2.40. The predicted octanol–water partition coefficient (Wildman–Crippen LogP) is 1.99. The van der Waals surface area contributed by atoms with Gasteiger partial charge in [0.05, 0.1) is 6.54 Å². The summed E-state index contributed by atoms with van der Waals surface area (Å²) >= 11 is 0. The molecular weight excluding hydrogens is 300 g/mol. The van der Waals surface area contributed by atoms with Crippen LogP contribution in [0.25, 0.3) is 0 Å². The van der Waals surface area contributed by atoms with Crippen LogP contribution < -0.4 is 5.32 Å². The Labute approximate surface area is 145 Å². The minimum Gasteiger partial charge on any atom is -0.357 e. The van der Waals surface area contributed by atoms with Gasteiger partial charge in [-0.05, 0) is 31.2 Å². The van der Waals surface area contributed by atoms with Crippen molar-refractivity contribution in [2.75, 3.05) is 40.3 Å². The average molecular weight is 330 g/mol. The lowest BCUT2D eigenvalue weighted by molar-refractivity contribution is -0.128. The van der Waals surface area contributed by atoms with Crippen LogP contribution in [0, 0.1) is 5.92 Å². The van der Waals surface area contributed by atoms with Crippen molar-refractivity contribution < 1.29 is 4.79 Å². The molecule has 0 spiro atoms. The largest absolute Gasteiger partial charge is 0.357 e. The fraction of sp³-hybridized carbons (Fsp3) is 0.579. The number of aliphatic imine (C=N–C) groups is 1. The van der Waals surface area contributed by atoms with Crippen LogP contribution in [0.4, 0.5) is 0 Å². The molecular formula is C19H30N4O. The molecule has 1 atom stereocenters. The highest BCUT2D eigenvalue weighted by Crippen LogP contribution is 2.20. The second kappa shape index (κ2) is 9.30. The summed E-state index contributed by atoms with van der Waals surface area (Å²) in [4.78, 5) is 20.3. The summed E-state index contributed by atoms with van der Waals surface area (Å²) in [7, 11) is 3.57. The first kappa shape index (κ1) is 18.3. The lowest BCUT2D eigenvalue weighted by atomic mass is 9.99. The molecule has 0 aliphatic carbocycles. The smallest absolute Gasteiger partial charge is 0.223 e. The van der Waals surface area contributed by atoms with Gasteiger partial charge in [0, 0.05) is 40.2 Å². The molecule has 2 rings (SSSR count). The molecule has 1 aliphatic rings. The van der Waals surface area contributed by atoms with Gasteiger partial charge in [0.1, 0.15) is 0 Å². The Morgan fingerprint density at radius 1 is 1.33 bits per heavy atom. The summed E-state index contributed by atoms with van der Waals surface area (Å²) in [5.41, 5.74) is 1.41. The van der Waals surface area contributed by atoms with Gasteiger partial charge in [-0.2, -0.15) is 0 Å². The second-order valence-electron chi connectivity index (χ2n) is 6.56. The van der Waals surface area contributed by atoms with E-state index in [2.05, 4.69) is 52.5 Å². The summed E-state index contributed by atoms with van der Waals surface area (Å²) in [6.07, 6.45) is 2.77. The Kier molecular flexibility index (Phi) is 7.09. The van der Waals surface area contributed by atoms with Crippen LogP contribution in [0.15, 0.2) is 35.3 Å². The number of carbonyl (C=O) groups excluding carboxylic acids is 1. The molecule has 0 aromatic heterocycles. The van der Waals surface area contributed by atoms with E-state index < -0.39 is 0 Å². The van der Waals surface area contributed by atoms with Crippen molar-refractivity contribution in [2.24, 2.45) is 10.9 Å². The highest BCUT2D eigenvalue weighted by molar-refractivity contribution is 5.81. The third-order valence-electron chi connectivity index (χ3n) is 4.37. The van der Waals surface area contributed by atoms with Crippen molar-refractivity contribution in [3.8, 4) is 0 Å². The van der Waals surface area contributed by atoms with E-state index in [0.29, 0.717) is 18.9 Å². The van der Waals surface area contributed by atoms with E-state index in [1.807, 2.05) is 0 Å². The Bertz CT molecular complexity index is 542. The number of amides is 1. The fourth-order valence-electron chi connectivity index (χ4n) is 3.05. The summed E-state index contributed by atoms with van der Waals surface area (Å²) in [5, 5.41) is 3.36. The molecule has 0 saturated carbocycles. The van der Waals surface area contributed by atoms with Gasteiger partial charge in [0.2, 0.25) is 5.91 Å². The molecule has 1 unspecified atom stereocenters. The fourth-order valence-corrected chi connectivity index (χ4v) is 3.05. The Morgan fingerprint density at radius 2 is 2.08 bits per heavy atom. The number of hydrogen-bond donors (Lipinski definition) is 1. The van der Waals surface area contributed by atoms with Gasteiger partial charge in [-0.3, -0.25) is 9.79 Å². The van der Waals surface area contributed by atoms with Gasteiger partial charge in [-0.1, -0.05) is 30.3 Å². The summed E-state index contributed by atoms with van der Waals surface area (Å²) in [5.74, 6) is 1.73. The van der Waals surface area contributed by atoms with Crippen molar-refractivity contribution in [1.29, 1.82) is 0 Å². The number of benzene rings is 1. The Hall–Kier alpha value is -2.04. The van der Waals surface area contributed by atoms with Crippen molar-refractivity contribution in [2.45, 2.75) is 26.2 Å². The van der Waals surface area contributed by atoms with Crippen molar-refractivity contribution in [3.63, 3.8) is 0 Å². The maximum absolute atomic E-state index is 11.7. The first-order valence-corrected chi connectivity index (χ1v) is 8.87. The molecule has 1 fully saturated rings. The zero-order valence-electron chi connectivity index (χ0n) is 15.2. The van der Waals surface area contributed by atoms with E-state index >= 15 is 0 Å². The number of rotatable bonds is 6. The molecule has 24 heavy (non-hydrogen) atoms. The quantitative estimate of drug-likeness (QED) is 0.641. The van der Waals surface area contributed by atoms with Gasteiger partial charge in [-0.15, -0.1) is 0 Å². The Morgan fingerprint density at radius 3 is 2.75 bits per heavy atom. The monoisotopic (exact) mass is 330 g/mol. The topological polar surface area (TPSA) is 47.9 Å². The van der Waals surface area contributed by atoms with Gasteiger partial charge >= 0.3 is 0 Å². The van der Waals surface area contributed by atoms with Gasteiger partial charge < -0.3 is 15.1 Å². The predicted molar refractivity (Wildman–Crippen MR) is 99.1 cm³/mol. The van der Waals surface area contributed by atoms with E-state index in [0.717, 1.165) is 32.0 Å². The lowest BCUT2D eigenvalue weighted by Gasteiger charge is -2.22. The normalized spacial score (nSPS) is 17.9. The van der Waals surface area contributed by atoms with Crippen molar-refractivity contribution in [1.82, 2.24) is 15.1 Å². The molecule has 5 heteroatoms. The maximum atomic E-state index is 11.7. The number of carbonyl (C=O) groups is 1. The molecule has 132 valence electrons. The Balaban J connectivity index is 1.88. The number of hydrogen-bond acceptors (Lipinski definition) is 2. The third-order valence-corrected chi connectivity index (χ3v) is 4.37. The SMILES string of the molecule is CCNC(=NCCC(=O)N(C)C)N1CCC(Cc2ccccc2)C1. The van der Waals surface area contributed by atoms with Gasteiger partial charge in [-0.25, -0.2) is 0 Å². The van der Waals surface area contributed by atoms with Crippen molar-refractivity contribution in [3.05, 3.63) is 35.9 Å². The van der Waals surface area contributed by atoms with Crippen LogP contribution in [0.5, 0.6) is 0 Å². The standard InChI is InChI=1S/C19H30N4O/c1-4-20-19(21-12-10-18(24)22(2)3)23-13-11-17(15-23)14-16-8-6-5-7-9-16/h5-9,17H,4,10-15H2,1-3H3,(H,20,21). The highest BCUT2D eigenvalue weighted by atomic mass is 16.2. The molecule has 1 N–H and O–H groups in total. The minimum atomic E-state index is 0.123. The zero-order chi connectivity index (χ0) is 17.4. The number of nitrogens with one attached hydrogen (secondary N) is 1. The van der Waals surface area contributed by atoms with E-state index in [-0.39, 0.29) is 5.91 Å². The molecule has 0 radical (unpaired) electrons. The van der Waals surface area contributed by atoms with Gasteiger partial charge in [0.25, 0.3) is 0 Å². The molecule has 1 aliphatic heterocycles. The first-order valence-electron chi connectivity index (χ1n) is 8.87. The molecule has 0 bridgehead atoms.